The highest BCUT2D eigenvalue weighted by Crippen LogP contribution is 2.10. The number of amides is 1. The predicted molar refractivity (Wildman–Crippen MR) is 81.7 cm³/mol. The fourth-order valence-corrected chi connectivity index (χ4v) is 1.83. The normalized spacial score (nSPS) is 12.0. The summed E-state index contributed by atoms with van der Waals surface area (Å²) in [6.07, 6.45) is 4.20. The number of carbonyl (C=O) groups excluding carboxylic acids is 2. The largest absolute Gasteiger partial charge is 0.465 e. The maximum atomic E-state index is 11.7. The number of rotatable bonds is 6. The highest BCUT2D eigenvalue weighted by atomic mass is 16.5. The maximum Gasteiger partial charge on any atom is 0.331 e. The summed E-state index contributed by atoms with van der Waals surface area (Å²) in [5.74, 6) is -0.408. The van der Waals surface area contributed by atoms with E-state index in [0.717, 1.165) is 5.56 Å². The van der Waals surface area contributed by atoms with E-state index in [1.165, 1.54) is 18.4 Å². The van der Waals surface area contributed by atoms with Gasteiger partial charge in [-0.05, 0) is 30.7 Å². The average molecular weight is 299 g/mol. The molecule has 0 fully saturated rings. The third-order valence-corrected chi connectivity index (χ3v) is 2.95. The molecule has 0 aliphatic heterocycles. The molecule has 0 aliphatic carbocycles. The number of carbonyl (C=O) groups is 2. The molecule has 1 N–H and O–H groups in total. The zero-order valence-corrected chi connectivity index (χ0v) is 12.2. The number of hydrogen-bond acceptors (Lipinski definition) is 4. The minimum atomic E-state index is -0.598. The third-order valence-electron chi connectivity index (χ3n) is 2.95. The van der Waals surface area contributed by atoms with E-state index in [9.17, 15) is 9.59 Å². The van der Waals surface area contributed by atoms with Crippen LogP contribution in [0.4, 0.5) is 0 Å². The molecule has 2 rings (SSSR count). The first-order valence-corrected chi connectivity index (χ1v) is 6.88. The van der Waals surface area contributed by atoms with Crippen LogP contribution in [0, 0.1) is 0 Å². The molecule has 0 saturated carbocycles. The fourth-order valence-electron chi connectivity index (χ4n) is 1.83. The van der Waals surface area contributed by atoms with Gasteiger partial charge in [-0.2, -0.15) is 0 Å². The van der Waals surface area contributed by atoms with Gasteiger partial charge in [-0.25, -0.2) is 4.79 Å². The number of hydrogen-bond donors (Lipinski definition) is 1. The number of nitrogens with one attached hydrogen (secondary N) is 1. The van der Waals surface area contributed by atoms with Crippen LogP contribution in [0.15, 0.2) is 59.2 Å². The molecule has 1 atom stereocenters. The number of ether oxygens (including phenoxy) is 1. The van der Waals surface area contributed by atoms with Crippen LogP contribution < -0.4 is 5.32 Å². The van der Waals surface area contributed by atoms with Gasteiger partial charge in [0.05, 0.1) is 12.3 Å². The Morgan fingerprint density at radius 2 is 2.00 bits per heavy atom. The molecule has 5 heteroatoms. The highest BCUT2D eigenvalue weighted by molar-refractivity contribution is 5.88. The zero-order valence-electron chi connectivity index (χ0n) is 12.2. The van der Waals surface area contributed by atoms with Crippen molar-refractivity contribution in [2.75, 3.05) is 6.61 Å². The van der Waals surface area contributed by atoms with Gasteiger partial charge in [0.1, 0.15) is 5.76 Å². The summed E-state index contributed by atoms with van der Waals surface area (Å²) in [6, 6.07) is 12.8. The van der Waals surface area contributed by atoms with E-state index in [1.54, 1.807) is 12.1 Å². The highest BCUT2D eigenvalue weighted by Gasteiger charge is 2.10. The van der Waals surface area contributed by atoms with E-state index < -0.39 is 5.97 Å². The van der Waals surface area contributed by atoms with Gasteiger partial charge in [0.25, 0.3) is 5.91 Å². The second-order valence-corrected chi connectivity index (χ2v) is 4.66. The molecule has 5 nitrogen and oxygen atoms in total. The zero-order chi connectivity index (χ0) is 15.8. The second kappa shape index (κ2) is 7.83. The van der Waals surface area contributed by atoms with Crippen LogP contribution >= 0.6 is 0 Å². The molecule has 1 heterocycles. The van der Waals surface area contributed by atoms with Crippen molar-refractivity contribution in [1.82, 2.24) is 5.32 Å². The van der Waals surface area contributed by atoms with E-state index in [0.29, 0.717) is 5.76 Å². The van der Waals surface area contributed by atoms with E-state index in [1.807, 2.05) is 37.3 Å². The summed E-state index contributed by atoms with van der Waals surface area (Å²) >= 11 is 0. The minimum Gasteiger partial charge on any atom is -0.465 e. The van der Waals surface area contributed by atoms with Gasteiger partial charge in [0.2, 0.25) is 0 Å². The van der Waals surface area contributed by atoms with Gasteiger partial charge in [-0.1, -0.05) is 30.3 Å². The summed E-state index contributed by atoms with van der Waals surface area (Å²) in [6.45, 7) is 1.55. The van der Waals surface area contributed by atoms with Crippen LogP contribution in [-0.4, -0.2) is 18.5 Å². The van der Waals surface area contributed by atoms with E-state index in [2.05, 4.69) is 5.32 Å². The molecule has 22 heavy (non-hydrogen) atoms. The molecular formula is C17H17NO4. The molecule has 1 aromatic heterocycles. The fraction of sp³-hybridized carbons (Fsp3) is 0.176. The molecule has 114 valence electrons. The Labute approximate surface area is 128 Å². The lowest BCUT2D eigenvalue weighted by molar-refractivity contribution is -0.144. The predicted octanol–water partition coefficient (Wildman–Crippen LogP) is 2.71. The van der Waals surface area contributed by atoms with Crippen molar-refractivity contribution in [3.8, 4) is 0 Å². The van der Waals surface area contributed by atoms with Gasteiger partial charge in [-0.15, -0.1) is 0 Å². The summed E-state index contributed by atoms with van der Waals surface area (Å²) in [5, 5.41) is 2.76. The first-order valence-electron chi connectivity index (χ1n) is 6.88. The summed E-state index contributed by atoms with van der Waals surface area (Å²) in [5.41, 5.74) is 0.986. The van der Waals surface area contributed by atoms with Gasteiger partial charge < -0.3 is 14.5 Å². The van der Waals surface area contributed by atoms with Crippen molar-refractivity contribution >= 4 is 18.0 Å². The molecule has 0 spiro atoms. The summed E-state index contributed by atoms with van der Waals surface area (Å²) in [7, 11) is 0. The molecule has 1 aromatic carbocycles. The Hall–Kier alpha value is -2.82. The molecule has 0 saturated heterocycles. The first kappa shape index (κ1) is 15.6. The lowest BCUT2D eigenvalue weighted by Crippen LogP contribution is -2.30. The minimum absolute atomic E-state index is 0.147. The Morgan fingerprint density at radius 1 is 1.23 bits per heavy atom. The van der Waals surface area contributed by atoms with Gasteiger partial charge in [0.15, 0.2) is 6.61 Å². The van der Waals surface area contributed by atoms with Crippen molar-refractivity contribution in [3.63, 3.8) is 0 Å². The van der Waals surface area contributed by atoms with E-state index >= 15 is 0 Å². The lowest BCUT2D eigenvalue weighted by Gasteiger charge is -2.13. The van der Waals surface area contributed by atoms with Gasteiger partial charge in [-0.3, -0.25) is 4.79 Å². The number of esters is 1. The summed E-state index contributed by atoms with van der Waals surface area (Å²) in [4.78, 5) is 23.2. The molecule has 0 radical (unpaired) electrons. The molecular weight excluding hydrogens is 282 g/mol. The van der Waals surface area contributed by atoms with Crippen molar-refractivity contribution in [2.45, 2.75) is 13.0 Å². The van der Waals surface area contributed by atoms with E-state index in [4.69, 9.17) is 9.15 Å². The van der Waals surface area contributed by atoms with Crippen LogP contribution in [0.5, 0.6) is 0 Å². The lowest BCUT2D eigenvalue weighted by atomic mass is 10.1. The summed E-state index contributed by atoms with van der Waals surface area (Å²) < 4.78 is 9.90. The van der Waals surface area contributed by atoms with E-state index in [-0.39, 0.29) is 18.6 Å². The first-order chi connectivity index (χ1) is 10.6. The van der Waals surface area contributed by atoms with Crippen molar-refractivity contribution < 1.29 is 18.7 Å². The smallest absolute Gasteiger partial charge is 0.331 e. The van der Waals surface area contributed by atoms with Crippen molar-refractivity contribution in [3.05, 3.63) is 66.1 Å². The second-order valence-electron chi connectivity index (χ2n) is 4.66. The monoisotopic (exact) mass is 299 g/mol. The van der Waals surface area contributed by atoms with Crippen LogP contribution in [-0.2, 0) is 14.3 Å². The van der Waals surface area contributed by atoms with Crippen LogP contribution in [0.2, 0.25) is 0 Å². The molecule has 0 unspecified atom stereocenters. The average Bonchev–Trinajstić information content (AvgIpc) is 3.05. The maximum absolute atomic E-state index is 11.7. The van der Waals surface area contributed by atoms with Crippen LogP contribution in [0.1, 0.15) is 24.3 Å². The Balaban J connectivity index is 1.74. The third kappa shape index (κ3) is 4.94. The molecule has 2 aromatic rings. The molecule has 0 aliphatic rings. The number of furan rings is 1. The molecule has 1 amide bonds. The number of benzene rings is 1. The molecule has 0 bridgehead atoms. The van der Waals surface area contributed by atoms with Crippen LogP contribution in [0.3, 0.4) is 0 Å². The van der Waals surface area contributed by atoms with Gasteiger partial charge in [0, 0.05) is 6.08 Å². The Bertz CT molecular complexity index is 632. The van der Waals surface area contributed by atoms with Crippen LogP contribution in [0.25, 0.3) is 6.08 Å². The SMILES string of the molecule is C[C@@H](NC(=O)COC(=O)/C=C/c1ccco1)c1ccccc1. The Morgan fingerprint density at radius 3 is 2.68 bits per heavy atom. The topological polar surface area (TPSA) is 68.5 Å². The van der Waals surface area contributed by atoms with Crippen molar-refractivity contribution in [1.29, 1.82) is 0 Å². The van der Waals surface area contributed by atoms with Gasteiger partial charge >= 0.3 is 5.97 Å². The Kier molecular flexibility index (Phi) is 5.54. The quantitative estimate of drug-likeness (QED) is 0.658. The van der Waals surface area contributed by atoms with Crippen molar-refractivity contribution in [2.24, 2.45) is 0 Å². The standard InChI is InChI=1S/C17H17NO4/c1-13(14-6-3-2-4-7-14)18-16(19)12-22-17(20)10-9-15-8-5-11-21-15/h2-11,13H,12H2,1H3,(H,18,19)/b10-9+/t13-/m1/s1.